The molecule has 0 unspecified atom stereocenters. The second-order valence-corrected chi connectivity index (χ2v) is 3.42. The highest BCUT2D eigenvalue weighted by Gasteiger charge is 2.44. The minimum atomic E-state index is -5.43. The van der Waals surface area contributed by atoms with Crippen LogP contribution in [0.4, 0.5) is 30.7 Å². The number of nitriles is 2. The molecule has 20 heavy (non-hydrogen) atoms. The van der Waals surface area contributed by atoms with E-state index >= 15 is 0 Å². The Morgan fingerprint density at radius 2 is 1.45 bits per heavy atom. The van der Waals surface area contributed by atoms with Gasteiger partial charge in [0.15, 0.2) is 11.4 Å². The molecule has 0 amide bonds. The summed E-state index contributed by atoms with van der Waals surface area (Å²) in [6, 6.07) is 1.99. The van der Waals surface area contributed by atoms with E-state index in [1.54, 1.807) is 0 Å². The van der Waals surface area contributed by atoms with Crippen molar-refractivity contribution < 1.29 is 30.7 Å². The first kappa shape index (κ1) is 15.7. The normalized spacial score (nSPS) is 11.8. The molecule has 3 nitrogen and oxygen atoms in total. The summed E-state index contributed by atoms with van der Waals surface area (Å²) in [6.07, 6.45) is -12.0. The molecule has 10 heteroatoms. The fourth-order valence-electron chi connectivity index (χ4n) is 1.38. The molecule has 0 fully saturated rings. The van der Waals surface area contributed by atoms with Gasteiger partial charge in [-0.1, -0.05) is 0 Å². The van der Waals surface area contributed by atoms with Crippen LogP contribution >= 0.6 is 0 Å². The van der Waals surface area contributed by atoms with E-state index in [0.29, 0.717) is 0 Å². The number of pyridine rings is 1. The van der Waals surface area contributed by atoms with Crippen molar-refractivity contribution >= 4 is 0 Å². The molecule has 1 rings (SSSR count). The summed E-state index contributed by atoms with van der Waals surface area (Å²) >= 11 is 0. The topological polar surface area (TPSA) is 60.5 Å². The van der Waals surface area contributed by atoms with Gasteiger partial charge in [0.1, 0.15) is 17.4 Å². The maximum atomic E-state index is 13.6. The van der Waals surface area contributed by atoms with Crippen molar-refractivity contribution in [2.75, 3.05) is 0 Å². The standard InChI is InChI=1S/C10H2F7N3/c11-6-4(1-2-18)7(9(12,13)14)20-8(5(6)3-19)10(15,16)17/h1H2. The van der Waals surface area contributed by atoms with Crippen LogP contribution in [0.15, 0.2) is 0 Å². The van der Waals surface area contributed by atoms with E-state index in [0.717, 1.165) is 6.07 Å². The van der Waals surface area contributed by atoms with Gasteiger partial charge in [-0.05, 0) is 0 Å². The van der Waals surface area contributed by atoms with Gasteiger partial charge in [-0.2, -0.15) is 36.9 Å². The van der Waals surface area contributed by atoms with Gasteiger partial charge in [0.2, 0.25) is 0 Å². The van der Waals surface area contributed by atoms with Gasteiger partial charge in [-0.15, -0.1) is 0 Å². The van der Waals surface area contributed by atoms with Crippen LogP contribution in [0.25, 0.3) is 0 Å². The highest BCUT2D eigenvalue weighted by molar-refractivity contribution is 5.43. The molecule has 1 aromatic heterocycles. The number of halogens is 7. The number of nitrogens with zero attached hydrogens (tertiary/aromatic N) is 3. The second kappa shape index (κ2) is 4.96. The van der Waals surface area contributed by atoms with E-state index < -0.39 is 47.1 Å². The van der Waals surface area contributed by atoms with Gasteiger partial charge in [0, 0.05) is 5.56 Å². The molecule has 0 aromatic carbocycles. The number of hydrogen-bond acceptors (Lipinski definition) is 3. The van der Waals surface area contributed by atoms with E-state index in [1.807, 2.05) is 0 Å². The quantitative estimate of drug-likeness (QED) is 0.748. The summed E-state index contributed by atoms with van der Waals surface area (Å²) in [7, 11) is 0. The average molecular weight is 297 g/mol. The SMILES string of the molecule is N#CCc1c(C(F)(F)F)nc(C(F)(F)F)c(C#N)c1F. The molecular formula is C10H2F7N3. The smallest absolute Gasteiger partial charge is 0.237 e. The van der Waals surface area contributed by atoms with Crippen molar-refractivity contribution in [2.45, 2.75) is 18.8 Å². The maximum absolute atomic E-state index is 13.6. The van der Waals surface area contributed by atoms with Crippen LogP contribution in [0.1, 0.15) is 22.5 Å². The molecule has 0 radical (unpaired) electrons. The van der Waals surface area contributed by atoms with E-state index in [2.05, 4.69) is 4.98 Å². The van der Waals surface area contributed by atoms with Crippen molar-refractivity contribution in [3.8, 4) is 12.1 Å². The molecular weight excluding hydrogens is 295 g/mol. The zero-order valence-electron chi connectivity index (χ0n) is 9.19. The Morgan fingerprint density at radius 3 is 1.80 bits per heavy atom. The molecule has 0 bridgehead atoms. The number of aromatic nitrogens is 1. The lowest BCUT2D eigenvalue weighted by Gasteiger charge is -2.15. The fraction of sp³-hybridized carbons (Fsp3) is 0.300. The van der Waals surface area contributed by atoms with Crippen LogP contribution in [-0.2, 0) is 18.8 Å². The highest BCUT2D eigenvalue weighted by atomic mass is 19.4. The van der Waals surface area contributed by atoms with Gasteiger partial charge in [-0.25, -0.2) is 9.37 Å². The summed E-state index contributed by atoms with van der Waals surface area (Å²) in [5.41, 5.74) is -7.49. The van der Waals surface area contributed by atoms with Crippen LogP contribution in [-0.4, -0.2) is 4.98 Å². The van der Waals surface area contributed by atoms with E-state index in [1.165, 1.54) is 6.07 Å². The zero-order chi connectivity index (χ0) is 15.7. The molecule has 0 N–H and O–H groups in total. The van der Waals surface area contributed by atoms with Crippen molar-refractivity contribution in [3.63, 3.8) is 0 Å². The van der Waals surface area contributed by atoms with E-state index in [4.69, 9.17) is 10.5 Å². The van der Waals surface area contributed by atoms with E-state index in [-0.39, 0.29) is 0 Å². The minimum absolute atomic E-state index is 0.814. The Balaban J connectivity index is 3.83. The van der Waals surface area contributed by atoms with Gasteiger partial charge >= 0.3 is 12.4 Å². The largest absolute Gasteiger partial charge is 0.434 e. The molecule has 0 aliphatic rings. The lowest BCUT2D eigenvalue weighted by Crippen LogP contribution is -2.21. The molecule has 0 saturated heterocycles. The molecule has 0 saturated carbocycles. The summed E-state index contributed by atoms with van der Waals surface area (Å²) in [4.78, 5) is 2.30. The lowest BCUT2D eigenvalue weighted by molar-refractivity contribution is -0.151. The number of alkyl halides is 6. The first-order valence-corrected chi connectivity index (χ1v) is 4.67. The van der Waals surface area contributed by atoms with Gasteiger partial charge < -0.3 is 0 Å². The number of hydrogen-bond donors (Lipinski definition) is 0. The Bertz CT molecular complexity index is 616. The summed E-state index contributed by atoms with van der Waals surface area (Å²) in [5.74, 6) is -2.04. The third-order valence-electron chi connectivity index (χ3n) is 2.14. The summed E-state index contributed by atoms with van der Waals surface area (Å²) in [6.45, 7) is 0. The number of rotatable bonds is 1. The van der Waals surface area contributed by atoms with Crippen LogP contribution in [0.2, 0.25) is 0 Å². The Hall–Kier alpha value is -2.36. The maximum Gasteiger partial charge on any atom is 0.434 e. The Morgan fingerprint density at radius 1 is 0.950 bits per heavy atom. The predicted octanol–water partition coefficient (Wildman–Crippen LogP) is 3.20. The van der Waals surface area contributed by atoms with Crippen LogP contribution in [0, 0.1) is 28.5 Å². The molecule has 0 aliphatic heterocycles. The molecule has 1 heterocycles. The molecule has 0 spiro atoms. The van der Waals surface area contributed by atoms with Crippen molar-refractivity contribution in [2.24, 2.45) is 0 Å². The minimum Gasteiger partial charge on any atom is -0.237 e. The first-order valence-electron chi connectivity index (χ1n) is 4.67. The molecule has 106 valence electrons. The van der Waals surface area contributed by atoms with Crippen molar-refractivity contribution in [1.29, 1.82) is 10.5 Å². The molecule has 1 aromatic rings. The van der Waals surface area contributed by atoms with Crippen LogP contribution < -0.4 is 0 Å². The molecule has 0 aliphatic carbocycles. The second-order valence-electron chi connectivity index (χ2n) is 3.42. The predicted molar refractivity (Wildman–Crippen MR) is 48.2 cm³/mol. The third kappa shape index (κ3) is 2.79. The monoisotopic (exact) mass is 297 g/mol. The zero-order valence-corrected chi connectivity index (χ0v) is 9.19. The summed E-state index contributed by atoms with van der Waals surface area (Å²) < 4.78 is 88.8. The first-order chi connectivity index (χ1) is 9.04. The highest BCUT2D eigenvalue weighted by Crippen LogP contribution is 2.38. The lowest BCUT2D eigenvalue weighted by atomic mass is 10.0. The van der Waals surface area contributed by atoms with Crippen LogP contribution in [0.3, 0.4) is 0 Å². The fourth-order valence-corrected chi connectivity index (χ4v) is 1.38. The van der Waals surface area contributed by atoms with Crippen molar-refractivity contribution in [3.05, 3.63) is 28.3 Å². The van der Waals surface area contributed by atoms with Gasteiger partial charge in [-0.3, -0.25) is 0 Å². The Labute approximate surface area is 106 Å². The summed E-state index contributed by atoms with van der Waals surface area (Å²) in [5, 5.41) is 16.8. The van der Waals surface area contributed by atoms with Gasteiger partial charge in [0.05, 0.1) is 12.5 Å². The Kier molecular flexibility index (Phi) is 3.89. The third-order valence-corrected chi connectivity index (χ3v) is 2.14. The molecule has 0 atom stereocenters. The average Bonchev–Trinajstić information content (AvgIpc) is 2.28. The van der Waals surface area contributed by atoms with Crippen molar-refractivity contribution in [1.82, 2.24) is 4.98 Å². The van der Waals surface area contributed by atoms with E-state index in [9.17, 15) is 30.7 Å². The van der Waals surface area contributed by atoms with Crippen LogP contribution in [0.5, 0.6) is 0 Å². The van der Waals surface area contributed by atoms with Gasteiger partial charge in [0.25, 0.3) is 0 Å².